The number of benzene rings is 1. The third-order valence-corrected chi connectivity index (χ3v) is 5.55. The fraction of sp³-hybridized carbons (Fsp3) is 0.536. The van der Waals surface area contributed by atoms with Gasteiger partial charge in [-0.15, -0.1) is 0 Å². The summed E-state index contributed by atoms with van der Waals surface area (Å²) in [6, 6.07) is 6.11. The molecular weight excluding hydrogens is 366 g/mol. The summed E-state index contributed by atoms with van der Waals surface area (Å²) in [5, 5.41) is 3.10. The van der Waals surface area contributed by atoms with Gasteiger partial charge in [-0.1, -0.05) is 60.1 Å². The third-order valence-electron chi connectivity index (χ3n) is 5.55. The predicted molar refractivity (Wildman–Crippen MR) is 133 cm³/mol. The van der Waals surface area contributed by atoms with E-state index in [2.05, 4.69) is 58.2 Å². The fourth-order valence-electron chi connectivity index (χ4n) is 3.57. The second-order valence-corrected chi connectivity index (χ2v) is 9.16. The summed E-state index contributed by atoms with van der Waals surface area (Å²) in [5.74, 6) is 0.505. The van der Waals surface area contributed by atoms with E-state index < -0.39 is 0 Å². The van der Waals surface area contributed by atoms with Gasteiger partial charge in [0.2, 0.25) is 5.91 Å². The molecule has 166 valence electrons. The van der Waals surface area contributed by atoms with Crippen LogP contribution in [0.4, 0.5) is 5.69 Å². The summed E-state index contributed by atoms with van der Waals surface area (Å²) in [4.78, 5) is 12.4. The number of aryl methyl sites for hydroxylation is 2. The number of rotatable bonds is 12. The highest BCUT2D eigenvalue weighted by Crippen LogP contribution is 2.21. The van der Waals surface area contributed by atoms with Gasteiger partial charge in [-0.3, -0.25) is 4.79 Å². The molecule has 0 fully saturated rings. The quantitative estimate of drug-likeness (QED) is 0.345. The number of hydrogen-bond donors (Lipinski definition) is 1. The van der Waals surface area contributed by atoms with Crippen LogP contribution >= 0.6 is 0 Å². The van der Waals surface area contributed by atoms with E-state index in [9.17, 15) is 4.79 Å². The zero-order valence-electron chi connectivity index (χ0n) is 20.4. The molecule has 1 amide bonds. The number of hydrogen-bond acceptors (Lipinski definition) is 1. The summed E-state index contributed by atoms with van der Waals surface area (Å²) < 4.78 is 0. The Morgan fingerprint density at radius 2 is 1.43 bits per heavy atom. The first-order valence-corrected chi connectivity index (χ1v) is 11.5. The van der Waals surface area contributed by atoms with Crippen molar-refractivity contribution < 1.29 is 4.79 Å². The number of carbonyl (C=O) groups excluding carboxylic acids is 1. The van der Waals surface area contributed by atoms with Crippen LogP contribution in [0.1, 0.15) is 90.7 Å². The average molecular weight is 410 g/mol. The lowest BCUT2D eigenvalue weighted by Crippen LogP contribution is -2.16. The molecule has 1 N–H and O–H groups in total. The number of allylic oxidation sites excluding steroid dienone is 6. The fourth-order valence-corrected chi connectivity index (χ4v) is 3.57. The lowest BCUT2D eigenvalue weighted by molar-refractivity contribution is -0.117. The maximum absolute atomic E-state index is 12.4. The second-order valence-electron chi connectivity index (χ2n) is 9.16. The first kappa shape index (κ1) is 25.9. The smallest absolute Gasteiger partial charge is 0.224 e. The van der Waals surface area contributed by atoms with Gasteiger partial charge in [-0.25, -0.2) is 0 Å². The van der Waals surface area contributed by atoms with Gasteiger partial charge >= 0.3 is 0 Å². The molecule has 30 heavy (non-hydrogen) atoms. The molecule has 0 saturated heterocycles. The van der Waals surface area contributed by atoms with Gasteiger partial charge < -0.3 is 5.32 Å². The molecular formula is C28H43NO. The Hall–Kier alpha value is -2.09. The highest BCUT2D eigenvalue weighted by atomic mass is 16.1. The van der Waals surface area contributed by atoms with Crippen molar-refractivity contribution in [3.05, 3.63) is 64.3 Å². The monoisotopic (exact) mass is 409 g/mol. The Morgan fingerprint density at radius 1 is 0.900 bits per heavy atom. The summed E-state index contributed by atoms with van der Waals surface area (Å²) in [6.07, 6.45) is 14.3. The molecule has 2 nitrogen and oxygen atoms in total. The van der Waals surface area contributed by atoms with Crippen molar-refractivity contribution in [2.24, 2.45) is 5.92 Å². The van der Waals surface area contributed by atoms with Crippen molar-refractivity contribution in [1.29, 1.82) is 0 Å². The SMILES string of the molecule is CC(C)=CCCC(C)=CCCC(C)=CCCC(C)CC(=O)Nc1c(C)cccc1C. The molecule has 0 saturated carbocycles. The molecule has 0 aliphatic heterocycles. The van der Waals surface area contributed by atoms with Gasteiger partial charge in [-0.2, -0.15) is 0 Å². The molecule has 0 bridgehead atoms. The normalized spacial score (nSPS) is 13.2. The van der Waals surface area contributed by atoms with Crippen molar-refractivity contribution >= 4 is 11.6 Å². The minimum atomic E-state index is 0.120. The second kappa shape index (κ2) is 14.0. The van der Waals surface area contributed by atoms with E-state index in [1.165, 1.54) is 16.7 Å². The standard InChI is InChI=1S/C28H43NO/c1-21(2)12-8-13-22(3)14-9-15-23(4)16-10-17-24(5)20-27(30)29-28-25(6)18-11-19-26(28)7/h11-12,14,16,18-19,24H,8-10,13,15,17,20H2,1-7H3,(H,29,30). The van der Waals surface area contributed by atoms with Crippen LogP contribution in [0.5, 0.6) is 0 Å². The van der Waals surface area contributed by atoms with Crippen LogP contribution < -0.4 is 5.32 Å². The van der Waals surface area contributed by atoms with Gasteiger partial charge in [-0.05, 0) is 97.1 Å². The van der Waals surface area contributed by atoms with Crippen LogP contribution in [0.25, 0.3) is 0 Å². The van der Waals surface area contributed by atoms with E-state index in [0.29, 0.717) is 12.3 Å². The number of amides is 1. The Kier molecular flexibility index (Phi) is 12.1. The topological polar surface area (TPSA) is 29.1 Å². The Balaban J connectivity index is 2.31. The Morgan fingerprint density at radius 3 is 2.00 bits per heavy atom. The van der Waals surface area contributed by atoms with Crippen LogP contribution in [0.3, 0.4) is 0 Å². The average Bonchev–Trinajstić information content (AvgIpc) is 2.64. The first-order chi connectivity index (χ1) is 14.2. The molecule has 0 aliphatic rings. The summed E-state index contributed by atoms with van der Waals surface area (Å²) in [6.45, 7) is 15.0. The van der Waals surface area contributed by atoms with Crippen molar-refractivity contribution in [3.8, 4) is 0 Å². The van der Waals surface area contributed by atoms with Crippen LogP contribution in [0, 0.1) is 19.8 Å². The van der Waals surface area contributed by atoms with Gasteiger partial charge in [0.25, 0.3) is 0 Å². The maximum Gasteiger partial charge on any atom is 0.224 e. The lowest BCUT2D eigenvalue weighted by Gasteiger charge is -2.14. The van der Waals surface area contributed by atoms with Crippen LogP contribution in [0.2, 0.25) is 0 Å². The van der Waals surface area contributed by atoms with E-state index in [0.717, 1.165) is 55.3 Å². The summed E-state index contributed by atoms with van der Waals surface area (Å²) >= 11 is 0. The van der Waals surface area contributed by atoms with Crippen molar-refractivity contribution in [2.45, 2.75) is 93.4 Å². The maximum atomic E-state index is 12.4. The predicted octanol–water partition coefficient (Wildman–Crippen LogP) is 8.47. The van der Waals surface area contributed by atoms with Crippen molar-refractivity contribution in [1.82, 2.24) is 0 Å². The molecule has 0 aromatic heterocycles. The largest absolute Gasteiger partial charge is 0.326 e. The zero-order valence-corrected chi connectivity index (χ0v) is 20.4. The zero-order chi connectivity index (χ0) is 22.5. The number of anilines is 1. The van der Waals surface area contributed by atoms with Crippen molar-refractivity contribution in [2.75, 3.05) is 5.32 Å². The first-order valence-electron chi connectivity index (χ1n) is 11.5. The van der Waals surface area contributed by atoms with Crippen LogP contribution in [0.15, 0.2) is 53.1 Å². The highest BCUT2D eigenvalue weighted by Gasteiger charge is 2.11. The Bertz CT molecular complexity index is 743. The molecule has 0 aliphatic carbocycles. The van der Waals surface area contributed by atoms with E-state index in [1.807, 2.05) is 32.0 Å². The highest BCUT2D eigenvalue weighted by molar-refractivity contribution is 5.92. The molecule has 1 aromatic rings. The number of nitrogens with one attached hydrogen (secondary N) is 1. The van der Waals surface area contributed by atoms with Gasteiger partial charge in [0.1, 0.15) is 0 Å². The minimum Gasteiger partial charge on any atom is -0.326 e. The molecule has 0 heterocycles. The summed E-state index contributed by atoms with van der Waals surface area (Å²) in [5.41, 5.74) is 7.55. The van der Waals surface area contributed by atoms with E-state index >= 15 is 0 Å². The minimum absolute atomic E-state index is 0.120. The van der Waals surface area contributed by atoms with Crippen LogP contribution in [-0.2, 0) is 4.79 Å². The molecule has 0 spiro atoms. The van der Waals surface area contributed by atoms with E-state index in [4.69, 9.17) is 0 Å². The van der Waals surface area contributed by atoms with E-state index in [1.54, 1.807) is 0 Å². The third kappa shape index (κ3) is 11.2. The van der Waals surface area contributed by atoms with Gasteiger partial charge in [0.15, 0.2) is 0 Å². The van der Waals surface area contributed by atoms with E-state index in [-0.39, 0.29) is 5.91 Å². The number of para-hydroxylation sites is 1. The van der Waals surface area contributed by atoms with Gasteiger partial charge in [0, 0.05) is 12.1 Å². The number of carbonyl (C=O) groups is 1. The van der Waals surface area contributed by atoms with Crippen LogP contribution in [-0.4, -0.2) is 5.91 Å². The molecule has 1 unspecified atom stereocenters. The lowest BCUT2D eigenvalue weighted by atomic mass is 9.99. The van der Waals surface area contributed by atoms with Crippen molar-refractivity contribution in [3.63, 3.8) is 0 Å². The molecule has 1 atom stereocenters. The summed E-state index contributed by atoms with van der Waals surface area (Å²) in [7, 11) is 0. The molecule has 0 radical (unpaired) electrons. The molecule has 1 aromatic carbocycles. The molecule has 1 rings (SSSR count). The molecule has 2 heteroatoms. The Labute approximate surface area is 185 Å². The van der Waals surface area contributed by atoms with Gasteiger partial charge in [0.05, 0.1) is 0 Å².